The minimum Gasteiger partial charge on any atom is -0.396 e. The Morgan fingerprint density at radius 2 is 1.19 bits per heavy atom. The van der Waals surface area contributed by atoms with Gasteiger partial charge < -0.3 is 10.2 Å². The van der Waals surface area contributed by atoms with Crippen LogP contribution in [0.1, 0.15) is 116 Å². The van der Waals surface area contributed by atoms with Gasteiger partial charge in [0.05, 0.1) is 6.10 Å². The van der Waals surface area contributed by atoms with Crippen molar-refractivity contribution in [3.63, 3.8) is 0 Å². The molecule has 31 heavy (non-hydrogen) atoms. The Hall–Kier alpha value is -0.0800. The molecule has 1 saturated carbocycles. The van der Waals surface area contributed by atoms with Crippen molar-refractivity contribution in [2.75, 3.05) is 6.61 Å². The van der Waals surface area contributed by atoms with E-state index in [1.807, 2.05) is 0 Å². The summed E-state index contributed by atoms with van der Waals surface area (Å²) in [6, 6.07) is 0. The molecule has 0 radical (unpaired) electrons. The van der Waals surface area contributed by atoms with Crippen molar-refractivity contribution in [2.24, 2.45) is 57.2 Å². The lowest BCUT2D eigenvalue weighted by Gasteiger charge is -2.51. The third-order valence-corrected chi connectivity index (χ3v) is 8.91. The molecule has 2 N–H and O–H groups in total. The van der Waals surface area contributed by atoms with Gasteiger partial charge in [0.15, 0.2) is 0 Å². The molecule has 0 amide bonds. The average Bonchev–Trinajstić information content (AvgIpc) is 2.54. The van der Waals surface area contributed by atoms with Crippen LogP contribution >= 0.6 is 0 Å². The summed E-state index contributed by atoms with van der Waals surface area (Å²) in [7, 11) is 0. The van der Waals surface area contributed by atoms with Crippen LogP contribution in [0.2, 0.25) is 0 Å². The van der Waals surface area contributed by atoms with Crippen LogP contribution in [-0.2, 0) is 0 Å². The molecule has 0 aromatic rings. The summed E-state index contributed by atoms with van der Waals surface area (Å²) >= 11 is 0. The minimum absolute atomic E-state index is 0.112. The fourth-order valence-corrected chi connectivity index (χ4v) is 5.92. The predicted molar refractivity (Wildman–Crippen MR) is 136 cm³/mol. The van der Waals surface area contributed by atoms with Crippen LogP contribution in [0.4, 0.5) is 0 Å². The lowest BCUT2D eigenvalue weighted by atomic mass is 9.56. The maximum absolute atomic E-state index is 11.6. The molecular weight excluding hydrogens is 380 g/mol. The molecule has 0 heterocycles. The van der Waals surface area contributed by atoms with Crippen molar-refractivity contribution in [3.05, 3.63) is 0 Å². The Morgan fingerprint density at radius 3 is 1.55 bits per heavy atom. The summed E-state index contributed by atoms with van der Waals surface area (Å²) in [6.45, 7) is 30.5. The van der Waals surface area contributed by atoms with Crippen LogP contribution in [0.3, 0.4) is 0 Å². The molecule has 0 bridgehead atoms. The minimum atomic E-state index is -0.217. The molecule has 1 aliphatic carbocycles. The second kappa shape index (κ2) is 10.0. The van der Waals surface area contributed by atoms with Gasteiger partial charge in [-0.3, -0.25) is 0 Å². The number of aliphatic hydroxyl groups is 2. The molecule has 1 fully saturated rings. The van der Waals surface area contributed by atoms with Crippen LogP contribution in [0, 0.1) is 57.2 Å². The van der Waals surface area contributed by atoms with E-state index in [9.17, 15) is 10.2 Å². The second-order valence-corrected chi connectivity index (χ2v) is 15.4. The summed E-state index contributed by atoms with van der Waals surface area (Å²) in [6.07, 6.45) is 4.24. The van der Waals surface area contributed by atoms with E-state index in [2.05, 4.69) is 90.0 Å². The zero-order chi connectivity index (χ0) is 24.6. The largest absolute Gasteiger partial charge is 0.396 e. The first kappa shape index (κ1) is 29.0. The van der Waals surface area contributed by atoms with Gasteiger partial charge in [-0.1, -0.05) is 90.0 Å². The monoisotopic (exact) mass is 438 g/mol. The highest BCUT2D eigenvalue weighted by atomic mass is 16.3. The first-order valence-corrected chi connectivity index (χ1v) is 13.0. The van der Waals surface area contributed by atoms with Crippen LogP contribution in [0.5, 0.6) is 0 Å². The second-order valence-electron chi connectivity index (χ2n) is 15.4. The van der Waals surface area contributed by atoms with E-state index in [-0.39, 0.29) is 34.4 Å². The molecule has 2 heteroatoms. The van der Waals surface area contributed by atoms with Crippen LogP contribution in [-0.4, -0.2) is 22.9 Å². The normalized spacial score (nSPS) is 29.5. The number of aliphatic hydroxyl groups excluding tert-OH is 2. The Balaban J connectivity index is 3.15. The van der Waals surface area contributed by atoms with Gasteiger partial charge >= 0.3 is 0 Å². The van der Waals surface area contributed by atoms with Gasteiger partial charge in [-0.25, -0.2) is 0 Å². The molecule has 0 aromatic heterocycles. The molecule has 0 aliphatic heterocycles. The van der Waals surface area contributed by atoms with Crippen molar-refractivity contribution in [2.45, 2.75) is 122 Å². The van der Waals surface area contributed by atoms with E-state index in [1.54, 1.807) is 0 Å². The standard InChI is InChI=1S/C29H58O2/c1-19(14-20(26(2,3)4)15-22(18-30)28(8,9)10)23-16-21(27(5,6)7)17-24(25(23)31)29(11,12)13/h19-25,30-31H,14-18H2,1-13H3/t19?,20-,21?,22?,23+,24+,25?/m0/s1. The van der Waals surface area contributed by atoms with E-state index < -0.39 is 0 Å². The van der Waals surface area contributed by atoms with Crippen molar-refractivity contribution in [1.29, 1.82) is 0 Å². The topological polar surface area (TPSA) is 40.5 Å². The Morgan fingerprint density at radius 1 is 0.710 bits per heavy atom. The fourth-order valence-electron chi connectivity index (χ4n) is 5.92. The van der Waals surface area contributed by atoms with Gasteiger partial charge in [-0.2, -0.15) is 0 Å². The highest BCUT2D eigenvalue weighted by Crippen LogP contribution is 2.51. The van der Waals surface area contributed by atoms with E-state index in [0.29, 0.717) is 35.5 Å². The zero-order valence-electron chi connectivity index (χ0n) is 23.5. The van der Waals surface area contributed by atoms with Gasteiger partial charge in [0, 0.05) is 6.61 Å². The van der Waals surface area contributed by atoms with E-state index in [1.165, 1.54) is 0 Å². The lowest BCUT2D eigenvalue weighted by molar-refractivity contribution is -0.0880. The van der Waals surface area contributed by atoms with Crippen LogP contribution in [0.25, 0.3) is 0 Å². The first-order valence-electron chi connectivity index (χ1n) is 13.0. The van der Waals surface area contributed by atoms with E-state index in [0.717, 1.165) is 25.7 Å². The summed E-state index contributed by atoms with van der Waals surface area (Å²) in [5.41, 5.74) is 0.706. The Kier molecular flexibility index (Phi) is 9.38. The van der Waals surface area contributed by atoms with E-state index >= 15 is 0 Å². The van der Waals surface area contributed by atoms with Crippen LogP contribution < -0.4 is 0 Å². The molecule has 186 valence electrons. The van der Waals surface area contributed by atoms with Gasteiger partial charge in [-0.15, -0.1) is 0 Å². The SMILES string of the molecule is CC(C[C@@H](CC(CO)C(C)(C)C)C(C)(C)C)[C@H]1CC(C(C)(C)C)C[C@@H](C(C)(C)C)C1O. The molecule has 0 aromatic carbocycles. The van der Waals surface area contributed by atoms with Crippen molar-refractivity contribution >= 4 is 0 Å². The maximum atomic E-state index is 11.6. The van der Waals surface area contributed by atoms with Crippen molar-refractivity contribution < 1.29 is 10.2 Å². The summed E-state index contributed by atoms with van der Waals surface area (Å²) < 4.78 is 0. The third kappa shape index (κ3) is 8.02. The predicted octanol–water partition coefficient (Wildman–Crippen LogP) is 7.82. The summed E-state index contributed by atoms with van der Waals surface area (Å²) in [5, 5.41) is 21.7. The van der Waals surface area contributed by atoms with Crippen molar-refractivity contribution in [3.8, 4) is 0 Å². The Bertz CT molecular complexity index is 537. The van der Waals surface area contributed by atoms with Gasteiger partial charge in [0.2, 0.25) is 0 Å². The first-order chi connectivity index (χ1) is 13.7. The quantitative estimate of drug-likeness (QED) is 0.444. The highest BCUT2D eigenvalue weighted by Gasteiger charge is 2.47. The van der Waals surface area contributed by atoms with Gasteiger partial charge in [0.1, 0.15) is 0 Å². The maximum Gasteiger partial charge on any atom is 0.0604 e. The number of hydrogen-bond acceptors (Lipinski definition) is 2. The zero-order valence-corrected chi connectivity index (χ0v) is 23.5. The smallest absolute Gasteiger partial charge is 0.0604 e. The third-order valence-electron chi connectivity index (χ3n) is 8.91. The lowest BCUT2D eigenvalue weighted by Crippen LogP contribution is -2.48. The fraction of sp³-hybridized carbons (Fsp3) is 1.00. The number of rotatable bonds is 6. The molecule has 4 unspecified atom stereocenters. The summed E-state index contributed by atoms with van der Waals surface area (Å²) in [5.74, 6) is 2.69. The van der Waals surface area contributed by atoms with Crippen molar-refractivity contribution in [1.82, 2.24) is 0 Å². The average molecular weight is 439 g/mol. The molecule has 0 saturated heterocycles. The molecule has 1 rings (SSSR count). The Labute approximate surface area is 196 Å². The van der Waals surface area contributed by atoms with Gasteiger partial charge in [0.25, 0.3) is 0 Å². The molecule has 0 spiro atoms. The summed E-state index contributed by atoms with van der Waals surface area (Å²) in [4.78, 5) is 0. The highest BCUT2D eigenvalue weighted by molar-refractivity contribution is 4.96. The van der Waals surface area contributed by atoms with Crippen LogP contribution in [0.15, 0.2) is 0 Å². The molecular formula is C29H58O2. The van der Waals surface area contributed by atoms with E-state index in [4.69, 9.17) is 0 Å². The van der Waals surface area contributed by atoms with Gasteiger partial charge in [-0.05, 0) is 82.9 Å². The molecule has 2 nitrogen and oxygen atoms in total. The molecule has 1 aliphatic rings. The molecule has 7 atom stereocenters. The number of hydrogen-bond donors (Lipinski definition) is 2.